The Morgan fingerprint density at radius 3 is 1.90 bits per heavy atom. The summed E-state index contributed by atoms with van der Waals surface area (Å²) in [7, 11) is 0. The van der Waals surface area contributed by atoms with Crippen LogP contribution in [0.1, 0.15) is 122 Å². The molecule has 1 saturated heterocycles. The van der Waals surface area contributed by atoms with Crippen molar-refractivity contribution in [3.05, 3.63) is 35.9 Å². The van der Waals surface area contributed by atoms with Crippen LogP contribution in [0.15, 0.2) is 30.3 Å². The fourth-order valence-electron chi connectivity index (χ4n) is 7.67. The van der Waals surface area contributed by atoms with Crippen molar-refractivity contribution in [3.8, 4) is 0 Å². The van der Waals surface area contributed by atoms with Crippen molar-refractivity contribution in [1.82, 2.24) is 20.9 Å². The molecule has 0 aromatic heterocycles. The second-order valence-electron chi connectivity index (χ2n) is 14.8. The highest BCUT2D eigenvalue weighted by Crippen LogP contribution is 2.34. The van der Waals surface area contributed by atoms with Gasteiger partial charge >= 0.3 is 12.0 Å². The van der Waals surface area contributed by atoms with Crippen LogP contribution in [0.25, 0.3) is 0 Å². The summed E-state index contributed by atoms with van der Waals surface area (Å²) < 4.78 is 5.67. The number of esters is 1. The highest BCUT2D eigenvalue weighted by atomic mass is 16.5. The van der Waals surface area contributed by atoms with Crippen LogP contribution >= 0.6 is 0 Å². The zero-order valence-corrected chi connectivity index (χ0v) is 30.5. The van der Waals surface area contributed by atoms with Crippen LogP contribution in [0, 0.1) is 17.8 Å². The van der Waals surface area contributed by atoms with Crippen LogP contribution in [0.2, 0.25) is 0 Å². The fourth-order valence-corrected chi connectivity index (χ4v) is 7.67. The molecule has 51 heavy (non-hydrogen) atoms. The molecule has 1 aromatic carbocycles. The van der Waals surface area contributed by atoms with Crippen LogP contribution in [-0.4, -0.2) is 71.1 Å². The van der Waals surface area contributed by atoms with Crippen LogP contribution in [0.3, 0.4) is 0 Å². The maximum absolute atomic E-state index is 14.3. The van der Waals surface area contributed by atoms with E-state index >= 15 is 0 Å². The van der Waals surface area contributed by atoms with Gasteiger partial charge in [-0.25, -0.2) is 9.59 Å². The maximum Gasteiger partial charge on any atom is 0.329 e. The Kier molecular flexibility index (Phi) is 15.8. The summed E-state index contributed by atoms with van der Waals surface area (Å²) in [4.78, 5) is 80.6. The lowest BCUT2D eigenvalue weighted by Gasteiger charge is -2.35. The molecule has 4 fully saturated rings. The van der Waals surface area contributed by atoms with E-state index in [2.05, 4.69) is 29.8 Å². The predicted octanol–water partition coefficient (Wildman–Crippen LogP) is 4.67. The lowest BCUT2D eigenvalue weighted by Crippen LogP contribution is -2.60. The van der Waals surface area contributed by atoms with Gasteiger partial charge in [0, 0.05) is 6.54 Å². The molecule has 5 amide bonds. The van der Waals surface area contributed by atoms with Gasteiger partial charge < -0.3 is 31.3 Å². The van der Waals surface area contributed by atoms with Gasteiger partial charge in [-0.3, -0.25) is 19.2 Å². The Morgan fingerprint density at radius 2 is 1.33 bits per heavy atom. The van der Waals surface area contributed by atoms with E-state index in [1.165, 1.54) is 11.3 Å². The number of carbonyl (C=O) groups excluding carboxylic acids is 6. The molecule has 1 heterocycles. The molecule has 3 unspecified atom stereocenters. The van der Waals surface area contributed by atoms with E-state index in [1.54, 1.807) is 0 Å². The van der Waals surface area contributed by atoms with Crippen molar-refractivity contribution >= 4 is 35.5 Å². The number of Topliss-reactive ketones (excluding diaryl/α,β-unsaturated/α-hetero) is 1. The Labute approximate surface area is 302 Å². The zero-order valence-electron chi connectivity index (χ0n) is 30.5. The third kappa shape index (κ3) is 12.1. The van der Waals surface area contributed by atoms with Gasteiger partial charge in [-0.2, -0.15) is 0 Å². The van der Waals surface area contributed by atoms with Crippen LogP contribution in [0.5, 0.6) is 0 Å². The van der Waals surface area contributed by atoms with Gasteiger partial charge in [-0.05, 0) is 68.3 Å². The quantitative estimate of drug-likeness (QED) is 0.160. The number of primary amides is 1. The number of rotatable bonds is 14. The molecule has 3 aliphatic carbocycles. The maximum atomic E-state index is 14.3. The summed E-state index contributed by atoms with van der Waals surface area (Å²) >= 11 is 0. The van der Waals surface area contributed by atoms with E-state index < -0.39 is 53.8 Å². The normalized spacial score (nSPS) is 21.2. The highest BCUT2D eigenvalue weighted by molar-refractivity contribution is 6.37. The minimum atomic E-state index is -1.09. The summed E-state index contributed by atoms with van der Waals surface area (Å²) in [6, 6.07) is 5.18. The number of urea groups is 1. The molecule has 5 N–H and O–H groups in total. The van der Waals surface area contributed by atoms with Gasteiger partial charge in [0.15, 0.2) is 0 Å². The third-order valence-electron chi connectivity index (χ3n) is 10.5. The number of ketones is 1. The monoisotopic (exact) mass is 709 g/mol. The zero-order chi connectivity index (χ0) is 36.8. The second-order valence-corrected chi connectivity index (χ2v) is 14.8. The van der Waals surface area contributed by atoms with E-state index in [0.29, 0.717) is 25.8 Å². The third-order valence-corrected chi connectivity index (χ3v) is 10.5. The molecular weight excluding hydrogens is 650 g/mol. The van der Waals surface area contributed by atoms with Gasteiger partial charge in [0.25, 0.3) is 5.91 Å². The number of hydrogen-bond acceptors (Lipinski definition) is 7. The highest BCUT2D eigenvalue weighted by Gasteiger charge is 2.43. The van der Waals surface area contributed by atoms with Crippen molar-refractivity contribution in [2.45, 2.75) is 147 Å². The molecule has 0 bridgehead atoms. The van der Waals surface area contributed by atoms with E-state index in [1.807, 2.05) is 30.3 Å². The minimum absolute atomic E-state index is 0.0741. The van der Waals surface area contributed by atoms with Gasteiger partial charge in [0.1, 0.15) is 24.7 Å². The van der Waals surface area contributed by atoms with E-state index in [4.69, 9.17) is 10.5 Å². The summed E-state index contributed by atoms with van der Waals surface area (Å²) in [6.07, 6.45) is 13.4. The summed E-state index contributed by atoms with van der Waals surface area (Å²) in [5.41, 5.74) is 6.12. The molecular formula is C39H59N5O7. The molecule has 12 heteroatoms. The first kappa shape index (κ1) is 39.8. The van der Waals surface area contributed by atoms with Crippen molar-refractivity contribution in [2.24, 2.45) is 23.5 Å². The molecule has 4 atom stereocenters. The number of likely N-dealkylation sites (tertiary alicyclic amines) is 1. The van der Waals surface area contributed by atoms with Gasteiger partial charge in [-0.1, -0.05) is 102 Å². The van der Waals surface area contributed by atoms with Gasteiger partial charge in [0.05, 0.1) is 6.04 Å². The lowest BCUT2D eigenvalue weighted by molar-refractivity contribution is -0.149. The summed E-state index contributed by atoms with van der Waals surface area (Å²) in [5.74, 6) is -3.21. The number of carbonyl (C=O) groups is 6. The number of amides is 5. The summed E-state index contributed by atoms with van der Waals surface area (Å²) in [5, 5.41) is 8.54. The first-order valence-electron chi connectivity index (χ1n) is 19.3. The Bertz CT molecular complexity index is 1320. The molecule has 5 rings (SSSR count). The van der Waals surface area contributed by atoms with Gasteiger partial charge in [0.2, 0.25) is 17.6 Å². The summed E-state index contributed by atoms with van der Waals surface area (Å²) in [6.45, 7) is 4.68. The average Bonchev–Trinajstić information content (AvgIpc) is 3.83. The largest absolute Gasteiger partial charge is 0.459 e. The standard InChI is InChI=1S/C36H51N5O7.C3H8/c37-32(43)31(42)27(21-23-18-19-23)38-33(44)28-17-10-20-41(28)34(45)29(25-13-6-2-7-14-25)39-36(47)40-30(26-15-8-3-9-16-26)35(46)48-22-24-11-4-1-5-12-24;1-3-2/h1,4-5,11-12,23,25-30H,2-3,6-10,13-22H2,(H2,37,43)(H,38,44)(H2,39,40,47);3H2,1-2H3/t27?,28-,29?,30?;/m0./s1. The van der Waals surface area contributed by atoms with Crippen molar-refractivity contribution in [3.63, 3.8) is 0 Å². The SMILES string of the molecule is CCC.NC(=O)C(=O)C(CC1CC1)NC(=O)[C@@H]1CCCN1C(=O)C(NC(=O)NC(C(=O)OCc1ccccc1)C1CCCCC1)C1CCCCC1. The first-order chi connectivity index (χ1) is 24.6. The molecule has 0 radical (unpaired) electrons. The van der Waals surface area contributed by atoms with Crippen molar-refractivity contribution < 1.29 is 33.5 Å². The molecule has 1 aliphatic heterocycles. The Morgan fingerprint density at radius 1 is 0.765 bits per heavy atom. The van der Waals surface area contributed by atoms with Gasteiger partial charge in [-0.15, -0.1) is 0 Å². The number of hydrogen-bond donors (Lipinski definition) is 4. The predicted molar refractivity (Wildman–Crippen MR) is 193 cm³/mol. The minimum Gasteiger partial charge on any atom is -0.459 e. The fraction of sp³-hybridized carbons (Fsp3) is 0.692. The first-order valence-corrected chi connectivity index (χ1v) is 19.3. The number of nitrogens with one attached hydrogen (secondary N) is 3. The molecule has 3 saturated carbocycles. The van der Waals surface area contributed by atoms with E-state index in [9.17, 15) is 28.8 Å². The molecule has 1 aromatic rings. The smallest absolute Gasteiger partial charge is 0.329 e. The lowest BCUT2D eigenvalue weighted by atomic mass is 9.83. The van der Waals surface area contributed by atoms with Crippen LogP contribution in [-0.2, 0) is 35.3 Å². The van der Waals surface area contributed by atoms with E-state index in [0.717, 1.165) is 82.6 Å². The van der Waals surface area contributed by atoms with Crippen LogP contribution in [0.4, 0.5) is 4.79 Å². The molecule has 0 spiro atoms. The van der Waals surface area contributed by atoms with Crippen molar-refractivity contribution in [2.75, 3.05) is 6.54 Å². The number of nitrogens with zero attached hydrogens (tertiary/aromatic N) is 1. The number of benzene rings is 1. The Hall–Kier alpha value is -3.96. The topological polar surface area (TPSA) is 177 Å². The Balaban J connectivity index is 0.00000188. The average molecular weight is 710 g/mol. The molecule has 12 nitrogen and oxygen atoms in total. The van der Waals surface area contributed by atoms with Crippen LogP contribution < -0.4 is 21.7 Å². The molecule has 282 valence electrons. The molecule has 4 aliphatic rings. The van der Waals surface area contributed by atoms with Crippen molar-refractivity contribution in [1.29, 1.82) is 0 Å². The number of nitrogens with two attached hydrogens (primary N) is 1. The second kappa shape index (κ2) is 20.2. The van der Waals surface area contributed by atoms with E-state index in [-0.39, 0.29) is 30.3 Å². The number of ether oxygens (including phenoxy) is 1.